The number of aromatic amines is 1. The molecule has 1 atom stereocenters. The fourth-order valence-corrected chi connectivity index (χ4v) is 5.02. The zero-order valence-electron chi connectivity index (χ0n) is 15.2. The molecule has 7 heteroatoms. The summed E-state index contributed by atoms with van der Waals surface area (Å²) >= 11 is 1.59. The normalized spacial score (nSPS) is 20.0. The van der Waals surface area contributed by atoms with Gasteiger partial charge in [-0.3, -0.25) is 14.6 Å². The Balaban J connectivity index is 1.84. The first-order valence-corrected chi connectivity index (χ1v) is 9.78. The van der Waals surface area contributed by atoms with Gasteiger partial charge >= 0.3 is 0 Å². The lowest BCUT2D eigenvalue weighted by molar-refractivity contribution is 0.391. The van der Waals surface area contributed by atoms with E-state index in [2.05, 4.69) is 5.10 Å². The Hall–Kier alpha value is -2.15. The summed E-state index contributed by atoms with van der Waals surface area (Å²) < 4.78 is 12.9. The number of thioether (sulfide) groups is 1. The van der Waals surface area contributed by atoms with E-state index in [0.29, 0.717) is 6.04 Å². The Kier molecular flexibility index (Phi) is 4.56. The molecule has 1 unspecified atom stereocenters. The monoisotopic (exact) mass is 373 g/mol. The van der Waals surface area contributed by atoms with Crippen molar-refractivity contribution in [3.8, 4) is 11.5 Å². The van der Waals surface area contributed by atoms with Crippen LogP contribution >= 0.6 is 11.8 Å². The molecule has 1 aliphatic heterocycles. The zero-order valence-corrected chi connectivity index (χ0v) is 16.1. The molecule has 0 bridgehead atoms. The summed E-state index contributed by atoms with van der Waals surface area (Å²) in [5.41, 5.74) is 1.62. The van der Waals surface area contributed by atoms with Crippen molar-refractivity contribution in [3.63, 3.8) is 0 Å². The molecule has 1 saturated carbocycles. The van der Waals surface area contributed by atoms with Crippen molar-refractivity contribution in [3.05, 3.63) is 39.7 Å². The van der Waals surface area contributed by atoms with Crippen molar-refractivity contribution in [2.24, 2.45) is 4.99 Å². The highest BCUT2D eigenvalue weighted by Gasteiger charge is 2.34. The second-order valence-electron chi connectivity index (χ2n) is 6.72. The van der Waals surface area contributed by atoms with Crippen LogP contribution in [0.1, 0.15) is 55.0 Å². The van der Waals surface area contributed by atoms with E-state index in [0.717, 1.165) is 46.3 Å². The van der Waals surface area contributed by atoms with Crippen LogP contribution in [-0.2, 0) is 0 Å². The van der Waals surface area contributed by atoms with Crippen LogP contribution in [0.2, 0.25) is 0 Å². The van der Waals surface area contributed by atoms with E-state index in [1.54, 1.807) is 26.0 Å². The Labute approximate surface area is 156 Å². The molecule has 2 aromatic rings. The highest BCUT2D eigenvalue weighted by Crippen LogP contribution is 2.48. The lowest BCUT2D eigenvalue weighted by Crippen LogP contribution is -2.14. The summed E-state index contributed by atoms with van der Waals surface area (Å²) in [7, 11) is 3.27. The Morgan fingerprint density at radius 3 is 2.69 bits per heavy atom. The van der Waals surface area contributed by atoms with Crippen LogP contribution in [0.3, 0.4) is 0 Å². The predicted octanol–water partition coefficient (Wildman–Crippen LogP) is 4.19. The fraction of sp³-hybridized carbons (Fsp3) is 0.474. The lowest BCUT2D eigenvalue weighted by Gasteiger charge is -2.23. The summed E-state index contributed by atoms with van der Waals surface area (Å²) in [4.78, 5) is 17.6. The maximum Gasteiger partial charge on any atom is 0.271 e. The van der Waals surface area contributed by atoms with E-state index in [-0.39, 0.29) is 10.8 Å². The minimum absolute atomic E-state index is 0.0569. The van der Waals surface area contributed by atoms with Crippen LogP contribution in [0.4, 0.5) is 5.82 Å². The summed E-state index contributed by atoms with van der Waals surface area (Å²) in [5.74, 6) is 2.23. The number of hydrogen-bond donors (Lipinski definition) is 1. The molecule has 2 heterocycles. The first-order valence-electron chi connectivity index (χ1n) is 8.90. The molecule has 1 N–H and O–H groups in total. The van der Waals surface area contributed by atoms with Crippen molar-refractivity contribution in [1.82, 2.24) is 9.78 Å². The van der Waals surface area contributed by atoms with E-state index >= 15 is 0 Å². The molecule has 1 aliphatic carbocycles. The van der Waals surface area contributed by atoms with Crippen LogP contribution in [-0.4, -0.2) is 29.0 Å². The number of ether oxygens (including phenoxy) is 2. The maximum absolute atomic E-state index is 12.8. The molecule has 1 aromatic heterocycles. The summed E-state index contributed by atoms with van der Waals surface area (Å²) in [6.45, 7) is 1.99. The largest absolute Gasteiger partial charge is 0.497 e. The smallest absolute Gasteiger partial charge is 0.271 e. The number of fused-ring (bicyclic) bond motifs is 1. The van der Waals surface area contributed by atoms with Crippen molar-refractivity contribution in [1.29, 1.82) is 0 Å². The van der Waals surface area contributed by atoms with E-state index in [9.17, 15) is 4.79 Å². The molecule has 0 amide bonds. The van der Waals surface area contributed by atoms with Crippen molar-refractivity contribution >= 4 is 22.6 Å². The molecule has 4 rings (SSSR count). The molecule has 1 aromatic carbocycles. The van der Waals surface area contributed by atoms with Gasteiger partial charge in [-0.05, 0) is 25.8 Å². The quantitative estimate of drug-likeness (QED) is 0.872. The van der Waals surface area contributed by atoms with Crippen LogP contribution < -0.4 is 15.0 Å². The third kappa shape index (κ3) is 2.84. The van der Waals surface area contributed by atoms with Crippen LogP contribution in [0.25, 0.3) is 0 Å². The van der Waals surface area contributed by atoms with Crippen LogP contribution in [0.15, 0.2) is 28.0 Å². The molecule has 138 valence electrons. The molecule has 26 heavy (non-hydrogen) atoms. The average Bonchev–Trinajstić information content (AvgIpc) is 3.28. The molecule has 0 saturated heterocycles. The van der Waals surface area contributed by atoms with Gasteiger partial charge in [-0.25, -0.2) is 4.99 Å². The van der Waals surface area contributed by atoms with Gasteiger partial charge in [-0.1, -0.05) is 30.7 Å². The van der Waals surface area contributed by atoms with E-state index in [4.69, 9.17) is 14.5 Å². The molecule has 2 aliphatic rings. The molecule has 1 fully saturated rings. The number of nitrogens with one attached hydrogen (secondary N) is 1. The first kappa shape index (κ1) is 17.3. The van der Waals surface area contributed by atoms with Gasteiger partial charge in [0.05, 0.1) is 36.1 Å². The molecular weight excluding hydrogens is 350 g/mol. The number of hydrogen-bond acceptors (Lipinski definition) is 5. The summed E-state index contributed by atoms with van der Waals surface area (Å²) in [5, 5.41) is 3.86. The van der Waals surface area contributed by atoms with Crippen molar-refractivity contribution < 1.29 is 9.47 Å². The van der Waals surface area contributed by atoms with Gasteiger partial charge in [-0.15, -0.1) is 0 Å². The second-order valence-corrected chi connectivity index (χ2v) is 8.02. The number of aliphatic imine (C=N–C) groups is 1. The predicted molar refractivity (Wildman–Crippen MR) is 104 cm³/mol. The van der Waals surface area contributed by atoms with Gasteiger partial charge < -0.3 is 9.47 Å². The minimum atomic E-state index is -0.144. The minimum Gasteiger partial charge on any atom is -0.497 e. The van der Waals surface area contributed by atoms with Gasteiger partial charge in [0.1, 0.15) is 11.5 Å². The van der Waals surface area contributed by atoms with Gasteiger partial charge in [0, 0.05) is 11.6 Å². The Bertz CT molecular complexity index is 909. The molecule has 0 radical (unpaired) electrons. The third-order valence-electron chi connectivity index (χ3n) is 5.16. The number of aromatic nitrogens is 2. The second kappa shape index (κ2) is 6.87. The molecule has 6 nitrogen and oxygen atoms in total. The molecule has 0 spiro atoms. The molecular formula is C19H23N3O3S. The summed E-state index contributed by atoms with van der Waals surface area (Å²) in [6.07, 6.45) is 4.59. The van der Waals surface area contributed by atoms with Crippen LogP contribution in [0, 0.1) is 0 Å². The summed E-state index contributed by atoms with van der Waals surface area (Å²) in [6, 6.07) is 6.08. The van der Waals surface area contributed by atoms with E-state index < -0.39 is 0 Å². The Morgan fingerprint density at radius 2 is 2.00 bits per heavy atom. The number of nitrogens with zero attached hydrogens (tertiary/aromatic N) is 2. The third-order valence-corrected chi connectivity index (χ3v) is 6.32. The van der Waals surface area contributed by atoms with E-state index in [1.807, 2.05) is 29.8 Å². The van der Waals surface area contributed by atoms with Gasteiger partial charge in [0.15, 0.2) is 5.82 Å². The average molecular weight is 373 g/mol. The first-order chi connectivity index (χ1) is 12.6. The topological polar surface area (TPSA) is 68.6 Å². The van der Waals surface area contributed by atoms with Gasteiger partial charge in [0.25, 0.3) is 5.56 Å². The van der Waals surface area contributed by atoms with Crippen molar-refractivity contribution in [2.75, 3.05) is 14.2 Å². The van der Waals surface area contributed by atoms with Crippen molar-refractivity contribution in [2.45, 2.75) is 43.9 Å². The number of methoxy groups -OCH3 is 2. The van der Waals surface area contributed by atoms with Gasteiger partial charge in [0.2, 0.25) is 0 Å². The van der Waals surface area contributed by atoms with E-state index in [1.165, 1.54) is 12.8 Å². The van der Waals surface area contributed by atoms with Crippen LogP contribution in [0.5, 0.6) is 11.5 Å². The Morgan fingerprint density at radius 1 is 1.23 bits per heavy atom. The maximum atomic E-state index is 12.8. The highest BCUT2D eigenvalue weighted by molar-refractivity contribution is 8.14. The number of rotatable bonds is 4. The zero-order chi connectivity index (χ0) is 18.3. The standard InChI is InChI=1S/C19H23N3O3S/c1-11-20-18-16(19(23)21-22(18)12-6-4-5-7-12)17(26-11)14-9-8-13(24-2)10-15(14)25-3/h8-10,12,17H,4-7H2,1-3H3,(H,21,23). The highest BCUT2D eigenvalue weighted by atomic mass is 32.2. The number of H-pyrrole nitrogens is 1. The lowest BCUT2D eigenvalue weighted by atomic mass is 10.0. The SMILES string of the molecule is COc1ccc(C2SC(C)=Nc3c2c(=O)[nH]n3C2CCCC2)c(OC)c1. The fourth-order valence-electron chi connectivity index (χ4n) is 3.89. The van der Waals surface area contributed by atoms with Gasteiger partial charge in [-0.2, -0.15) is 0 Å². The number of benzene rings is 1.